The van der Waals surface area contributed by atoms with Crippen molar-refractivity contribution in [2.75, 3.05) is 36.4 Å². The van der Waals surface area contributed by atoms with Crippen LogP contribution in [0.5, 0.6) is 0 Å². The first-order chi connectivity index (χ1) is 17.1. The van der Waals surface area contributed by atoms with E-state index >= 15 is 0 Å². The maximum atomic E-state index is 12.9. The van der Waals surface area contributed by atoms with Gasteiger partial charge in [-0.3, -0.25) is 9.59 Å². The van der Waals surface area contributed by atoms with Gasteiger partial charge >= 0.3 is 0 Å². The van der Waals surface area contributed by atoms with Crippen LogP contribution in [0.4, 0.5) is 11.4 Å². The Kier molecular flexibility index (Phi) is 6.49. The molecule has 4 aromatic rings. The second-order valence-corrected chi connectivity index (χ2v) is 9.00. The third-order valence-corrected chi connectivity index (χ3v) is 6.76. The summed E-state index contributed by atoms with van der Waals surface area (Å²) >= 11 is 0. The molecule has 0 bridgehead atoms. The van der Waals surface area contributed by atoms with Gasteiger partial charge in [0.05, 0.1) is 6.42 Å². The van der Waals surface area contributed by atoms with Crippen LogP contribution < -0.4 is 10.2 Å². The van der Waals surface area contributed by atoms with Gasteiger partial charge in [0.1, 0.15) is 0 Å². The van der Waals surface area contributed by atoms with Gasteiger partial charge < -0.3 is 15.1 Å². The molecule has 2 amide bonds. The molecule has 0 aromatic heterocycles. The van der Waals surface area contributed by atoms with Crippen molar-refractivity contribution in [2.24, 2.45) is 0 Å². The SMILES string of the molecule is Cc1ccccc1CC(=O)N1CCN(c2ccc(NC(=O)c3cccc4ccccc34)cc2)CC1. The molecule has 0 spiro atoms. The van der Waals surface area contributed by atoms with Crippen molar-refractivity contribution in [3.63, 3.8) is 0 Å². The summed E-state index contributed by atoms with van der Waals surface area (Å²) in [4.78, 5) is 29.9. The van der Waals surface area contributed by atoms with Crippen LogP contribution in [-0.4, -0.2) is 42.9 Å². The number of hydrogen-bond donors (Lipinski definition) is 1. The summed E-state index contributed by atoms with van der Waals surface area (Å²) in [6.07, 6.45) is 0.456. The molecule has 0 saturated carbocycles. The third-order valence-electron chi connectivity index (χ3n) is 6.76. The zero-order valence-electron chi connectivity index (χ0n) is 19.9. The Morgan fingerprint density at radius 2 is 1.46 bits per heavy atom. The normalized spacial score (nSPS) is 13.6. The first kappa shape index (κ1) is 22.7. The Labute approximate surface area is 206 Å². The van der Waals surface area contributed by atoms with Crippen LogP contribution in [0.2, 0.25) is 0 Å². The highest BCUT2D eigenvalue weighted by molar-refractivity contribution is 6.12. The van der Waals surface area contributed by atoms with Crippen molar-refractivity contribution in [1.29, 1.82) is 0 Å². The fourth-order valence-electron chi connectivity index (χ4n) is 4.67. The molecule has 176 valence electrons. The summed E-state index contributed by atoms with van der Waals surface area (Å²) in [6, 6.07) is 29.7. The minimum absolute atomic E-state index is 0.115. The van der Waals surface area contributed by atoms with E-state index in [1.807, 2.05) is 89.8 Å². The van der Waals surface area contributed by atoms with E-state index in [1.165, 1.54) is 0 Å². The molecule has 4 aromatic carbocycles. The summed E-state index contributed by atoms with van der Waals surface area (Å²) < 4.78 is 0. The largest absolute Gasteiger partial charge is 0.368 e. The summed E-state index contributed by atoms with van der Waals surface area (Å²) in [7, 11) is 0. The average Bonchev–Trinajstić information content (AvgIpc) is 2.90. The van der Waals surface area contributed by atoms with Crippen molar-refractivity contribution in [1.82, 2.24) is 4.90 Å². The molecule has 0 atom stereocenters. The Morgan fingerprint density at radius 3 is 2.23 bits per heavy atom. The van der Waals surface area contributed by atoms with E-state index in [0.717, 1.165) is 46.4 Å². The van der Waals surface area contributed by atoms with Gasteiger partial charge in [-0.05, 0) is 59.2 Å². The van der Waals surface area contributed by atoms with E-state index in [9.17, 15) is 9.59 Å². The highest BCUT2D eigenvalue weighted by Crippen LogP contribution is 2.23. The molecule has 1 heterocycles. The fraction of sp³-hybridized carbons (Fsp3) is 0.200. The van der Waals surface area contributed by atoms with Crippen molar-refractivity contribution in [3.05, 3.63) is 108 Å². The van der Waals surface area contributed by atoms with Gasteiger partial charge in [-0.2, -0.15) is 0 Å². The van der Waals surface area contributed by atoms with Crippen molar-refractivity contribution >= 4 is 34.0 Å². The topological polar surface area (TPSA) is 52.7 Å². The number of fused-ring (bicyclic) bond motifs is 1. The second-order valence-electron chi connectivity index (χ2n) is 9.00. The number of aryl methyl sites for hydroxylation is 1. The Morgan fingerprint density at radius 1 is 0.771 bits per heavy atom. The minimum atomic E-state index is -0.115. The van der Waals surface area contributed by atoms with E-state index in [-0.39, 0.29) is 11.8 Å². The number of carbonyl (C=O) groups excluding carboxylic acids is 2. The van der Waals surface area contributed by atoms with Crippen LogP contribution in [0, 0.1) is 6.92 Å². The molecule has 1 saturated heterocycles. The van der Waals surface area contributed by atoms with Crippen LogP contribution in [0.1, 0.15) is 21.5 Å². The summed E-state index contributed by atoms with van der Waals surface area (Å²) in [5, 5.41) is 5.01. The highest BCUT2D eigenvalue weighted by atomic mass is 16.2. The summed E-state index contributed by atoms with van der Waals surface area (Å²) in [5.41, 5.74) is 4.78. The molecule has 5 heteroatoms. The van der Waals surface area contributed by atoms with Crippen LogP contribution in [0.15, 0.2) is 91.0 Å². The zero-order chi connectivity index (χ0) is 24.2. The van der Waals surface area contributed by atoms with Gasteiger partial charge in [-0.15, -0.1) is 0 Å². The predicted octanol–water partition coefficient (Wildman–Crippen LogP) is 5.29. The molecule has 1 N–H and O–H groups in total. The average molecular weight is 464 g/mol. The number of benzene rings is 4. The lowest BCUT2D eigenvalue weighted by molar-refractivity contribution is -0.130. The lowest BCUT2D eigenvalue weighted by atomic mass is 10.0. The van der Waals surface area contributed by atoms with Gasteiger partial charge in [-0.1, -0.05) is 60.7 Å². The Hall–Kier alpha value is -4.12. The first-order valence-electron chi connectivity index (χ1n) is 12.0. The number of amides is 2. The number of nitrogens with zero attached hydrogens (tertiary/aromatic N) is 2. The van der Waals surface area contributed by atoms with Gasteiger partial charge in [0.15, 0.2) is 0 Å². The predicted molar refractivity (Wildman–Crippen MR) is 142 cm³/mol. The van der Waals surface area contributed by atoms with Crippen LogP contribution in [-0.2, 0) is 11.2 Å². The summed E-state index contributed by atoms with van der Waals surface area (Å²) in [5.74, 6) is 0.0702. The molecular formula is C30H29N3O2. The number of piperazine rings is 1. The lowest BCUT2D eigenvalue weighted by Gasteiger charge is -2.36. The smallest absolute Gasteiger partial charge is 0.256 e. The number of hydrogen-bond acceptors (Lipinski definition) is 3. The fourth-order valence-corrected chi connectivity index (χ4v) is 4.67. The zero-order valence-corrected chi connectivity index (χ0v) is 19.9. The van der Waals surface area contributed by atoms with Gasteiger partial charge in [0.25, 0.3) is 5.91 Å². The van der Waals surface area contributed by atoms with Crippen LogP contribution >= 0.6 is 0 Å². The van der Waals surface area contributed by atoms with E-state index in [0.29, 0.717) is 25.1 Å². The Bertz CT molecular complexity index is 1350. The first-order valence-corrected chi connectivity index (χ1v) is 12.0. The van der Waals surface area contributed by atoms with E-state index in [4.69, 9.17) is 0 Å². The lowest BCUT2D eigenvalue weighted by Crippen LogP contribution is -2.49. The van der Waals surface area contributed by atoms with E-state index < -0.39 is 0 Å². The van der Waals surface area contributed by atoms with E-state index in [1.54, 1.807) is 0 Å². The summed E-state index contributed by atoms with van der Waals surface area (Å²) in [6.45, 7) is 5.06. The molecule has 0 unspecified atom stereocenters. The van der Waals surface area contributed by atoms with Gasteiger partial charge in [-0.25, -0.2) is 0 Å². The van der Waals surface area contributed by atoms with Gasteiger partial charge in [0, 0.05) is 43.1 Å². The molecule has 5 nitrogen and oxygen atoms in total. The number of rotatable bonds is 5. The van der Waals surface area contributed by atoms with Crippen LogP contribution in [0.25, 0.3) is 10.8 Å². The standard InChI is InChI=1S/C30H29N3O2/c1-22-7-2-3-9-24(22)21-29(34)33-19-17-32(18-20-33)26-15-13-25(14-16-26)31-30(35)28-12-6-10-23-8-4-5-11-27(23)28/h2-16H,17-21H2,1H3,(H,31,35). The number of carbonyl (C=O) groups is 2. The maximum absolute atomic E-state index is 12.9. The molecule has 1 aliphatic rings. The monoisotopic (exact) mass is 463 g/mol. The van der Waals surface area contributed by atoms with E-state index in [2.05, 4.69) is 23.2 Å². The van der Waals surface area contributed by atoms with Crippen molar-refractivity contribution < 1.29 is 9.59 Å². The molecule has 35 heavy (non-hydrogen) atoms. The molecular weight excluding hydrogens is 434 g/mol. The van der Waals surface area contributed by atoms with Crippen molar-refractivity contribution in [3.8, 4) is 0 Å². The minimum Gasteiger partial charge on any atom is -0.368 e. The molecule has 0 aliphatic carbocycles. The highest BCUT2D eigenvalue weighted by Gasteiger charge is 2.22. The van der Waals surface area contributed by atoms with Crippen LogP contribution in [0.3, 0.4) is 0 Å². The maximum Gasteiger partial charge on any atom is 0.256 e. The van der Waals surface area contributed by atoms with Crippen molar-refractivity contribution in [2.45, 2.75) is 13.3 Å². The second kappa shape index (κ2) is 10.0. The molecule has 1 fully saturated rings. The number of anilines is 2. The Balaban J connectivity index is 1.18. The quantitative estimate of drug-likeness (QED) is 0.437. The molecule has 0 radical (unpaired) electrons. The molecule has 1 aliphatic heterocycles. The number of nitrogens with one attached hydrogen (secondary N) is 1. The molecule has 5 rings (SSSR count). The van der Waals surface area contributed by atoms with Gasteiger partial charge in [0.2, 0.25) is 5.91 Å². The third kappa shape index (κ3) is 5.04.